The van der Waals surface area contributed by atoms with Gasteiger partial charge in [0.1, 0.15) is 41.7 Å². The Balaban J connectivity index is 1.17. The molecule has 0 bridgehead atoms. The van der Waals surface area contributed by atoms with Crippen molar-refractivity contribution in [3.05, 3.63) is 78.9 Å². The summed E-state index contributed by atoms with van der Waals surface area (Å²) in [6.45, 7) is 5.06. The van der Waals surface area contributed by atoms with E-state index in [0.29, 0.717) is 24.7 Å². The number of likely N-dealkylation sites (tertiary alicyclic amines) is 1. The quantitative estimate of drug-likeness (QED) is 0.177. The van der Waals surface area contributed by atoms with E-state index in [-0.39, 0.29) is 5.82 Å². The number of ether oxygens (including phenoxy) is 2. The van der Waals surface area contributed by atoms with Crippen molar-refractivity contribution in [1.82, 2.24) is 34.9 Å². The van der Waals surface area contributed by atoms with Gasteiger partial charge in [-0.25, -0.2) is 9.37 Å². The lowest BCUT2D eigenvalue weighted by atomic mass is 10.0. The Kier molecular flexibility index (Phi) is 8.15. The number of rotatable bonds is 11. The molecule has 0 saturated carbocycles. The predicted molar refractivity (Wildman–Crippen MR) is 175 cm³/mol. The van der Waals surface area contributed by atoms with Gasteiger partial charge in [0.2, 0.25) is 0 Å². The van der Waals surface area contributed by atoms with Crippen molar-refractivity contribution in [1.29, 1.82) is 0 Å². The Morgan fingerprint density at radius 2 is 1.73 bits per heavy atom. The lowest BCUT2D eigenvalue weighted by Crippen LogP contribution is -2.25. The van der Waals surface area contributed by atoms with Crippen molar-refractivity contribution in [2.75, 3.05) is 53.5 Å². The number of halogens is 1. The van der Waals surface area contributed by atoms with Gasteiger partial charge >= 0.3 is 0 Å². The summed E-state index contributed by atoms with van der Waals surface area (Å²) in [6, 6.07) is 18.8. The minimum Gasteiger partial charge on any atom is -0.492 e. The van der Waals surface area contributed by atoms with Crippen LogP contribution < -0.4 is 9.47 Å². The van der Waals surface area contributed by atoms with E-state index in [4.69, 9.17) is 14.5 Å². The molecule has 0 spiro atoms. The molecule has 0 atom stereocenters. The monoisotopic (exact) mass is 605 g/mol. The summed E-state index contributed by atoms with van der Waals surface area (Å²) < 4.78 is 26.6. The van der Waals surface area contributed by atoms with Gasteiger partial charge in [0, 0.05) is 41.8 Å². The van der Waals surface area contributed by atoms with Gasteiger partial charge in [0.15, 0.2) is 0 Å². The van der Waals surface area contributed by atoms with Crippen LogP contribution in [-0.2, 0) is 0 Å². The Morgan fingerprint density at radius 1 is 0.889 bits per heavy atom. The highest BCUT2D eigenvalue weighted by molar-refractivity contribution is 6.00. The van der Waals surface area contributed by atoms with Crippen LogP contribution in [0.25, 0.3) is 55.7 Å². The molecule has 0 amide bonds. The molecular formula is C35H36FN7O2. The zero-order valence-electron chi connectivity index (χ0n) is 25.5. The lowest BCUT2D eigenvalue weighted by Gasteiger charge is -2.15. The number of H-pyrrole nitrogens is 2. The first-order chi connectivity index (χ1) is 22.0. The molecule has 7 rings (SSSR count). The zero-order chi connectivity index (χ0) is 30.8. The minimum absolute atomic E-state index is 0.342. The Hall–Kier alpha value is -4.80. The second-order valence-corrected chi connectivity index (χ2v) is 11.7. The zero-order valence-corrected chi connectivity index (χ0v) is 25.5. The maximum absolute atomic E-state index is 14.7. The van der Waals surface area contributed by atoms with Crippen molar-refractivity contribution >= 4 is 21.9 Å². The Morgan fingerprint density at radius 3 is 2.60 bits per heavy atom. The molecule has 9 nitrogen and oxygen atoms in total. The maximum Gasteiger partial charge on any atom is 0.138 e. The molecule has 1 saturated heterocycles. The molecular weight excluding hydrogens is 569 g/mol. The number of hydrogen-bond donors (Lipinski definition) is 2. The average Bonchev–Trinajstić information content (AvgIpc) is 3.80. The molecule has 10 heteroatoms. The molecule has 1 aliphatic heterocycles. The van der Waals surface area contributed by atoms with Crippen LogP contribution in [0.1, 0.15) is 12.8 Å². The summed E-state index contributed by atoms with van der Waals surface area (Å²) in [6.07, 6.45) is 6.08. The van der Waals surface area contributed by atoms with E-state index in [1.165, 1.54) is 25.0 Å². The molecule has 5 heterocycles. The van der Waals surface area contributed by atoms with E-state index in [1.807, 2.05) is 67.5 Å². The lowest BCUT2D eigenvalue weighted by molar-refractivity contribution is 0.237. The molecule has 2 aromatic carbocycles. The topological polar surface area (TPSA) is 95.2 Å². The first-order valence-electron chi connectivity index (χ1n) is 15.4. The van der Waals surface area contributed by atoms with Gasteiger partial charge in [-0.2, -0.15) is 5.10 Å². The van der Waals surface area contributed by atoms with Gasteiger partial charge in [-0.1, -0.05) is 12.1 Å². The highest BCUT2D eigenvalue weighted by Crippen LogP contribution is 2.36. The SMILES string of the molecule is CN(C)CCOc1cc(F)cc(-c2cccc3[nH]c(-c4n[nH]c5ccc(-c6cncc(OCCN7CCCC7)c6)nc45)cc23)c1. The number of hydrogen-bond acceptors (Lipinski definition) is 7. The van der Waals surface area contributed by atoms with Crippen molar-refractivity contribution in [2.45, 2.75) is 12.8 Å². The second-order valence-electron chi connectivity index (χ2n) is 11.7. The van der Waals surface area contributed by atoms with Gasteiger partial charge < -0.3 is 19.4 Å². The maximum atomic E-state index is 14.7. The van der Waals surface area contributed by atoms with E-state index in [0.717, 1.165) is 81.9 Å². The number of benzene rings is 2. The van der Waals surface area contributed by atoms with E-state index in [9.17, 15) is 4.39 Å². The number of aromatic nitrogens is 5. The normalized spacial score (nSPS) is 13.8. The van der Waals surface area contributed by atoms with Gasteiger partial charge in [0.25, 0.3) is 0 Å². The molecule has 0 unspecified atom stereocenters. The van der Waals surface area contributed by atoms with Crippen LogP contribution in [0, 0.1) is 5.82 Å². The van der Waals surface area contributed by atoms with Crippen LogP contribution in [0.2, 0.25) is 0 Å². The Labute approximate surface area is 261 Å². The van der Waals surface area contributed by atoms with Gasteiger partial charge in [0.05, 0.1) is 23.1 Å². The highest BCUT2D eigenvalue weighted by atomic mass is 19.1. The molecule has 0 radical (unpaired) electrons. The third kappa shape index (κ3) is 6.38. The molecule has 4 aromatic heterocycles. The van der Waals surface area contributed by atoms with Crippen LogP contribution in [0.3, 0.4) is 0 Å². The third-order valence-electron chi connectivity index (χ3n) is 8.20. The van der Waals surface area contributed by atoms with Crippen molar-refractivity contribution in [3.8, 4) is 45.3 Å². The van der Waals surface area contributed by atoms with E-state index >= 15 is 0 Å². The van der Waals surface area contributed by atoms with E-state index in [2.05, 4.69) is 25.1 Å². The van der Waals surface area contributed by atoms with Gasteiger partial charge in [-0.3, -0.25) is 15.0 Å². The van der Waals surface area contributed by atoms with Crippen LogP contribution in [0.4, 0.5) is 4.39 Å². The van der Waals surface area contributed by atoms with Gasteiger partial charge in [-0.15, -0.1) is 0 Å². The first kappa shape index (κ1) is 28.9. The highest BCUT2D eigenvalue weighted by Gasteiger charge is 2.17. The van der Waals surface area contributed by atoms with E-state index in [1.54, 1.807) is 12.4 Å². The molecule has 0 aliphatic carbocycles. The molecule has 1 fully saturated rings. The summed E-state index contributed by atoms with van der Waals surface area (Å²) >= 11 is 0. The summed E-state index contributed by atoms with van der Waals surface area (Å²) in [5, 5.41) is 8.69. The summed E-state index contributed by atoms with van der Waals surface area (Å²) in [5.74, 6) is 0.892. The first-order valence-corrected chi connectivity index (χ1v) is 15.4. The molecule has 2 N–H and O–H groups in total. The predicted octanol–water partition coefficient (Wildman–Crippen LogP) is 6.39. The average molecular weight is 606 g/mol. The van der Waals surface area contributed by atoms with Crippen molar-refractivity contribution in [2.24, 2.45) is 0 Å². The van der Waals surface area contributed by atoms with Crippen molar-refractivity contribution < 1.29 is 13.9 Å². The number of aromatic amines is 2. The summed E-state index contributed by atoms with van der Waals surface area (Å²) in [5.41, 5.74) is 7.28. The summed E-state index contributed by atoms with van der Waals surface area (Å²) in [4.78, 5) is 17.4. The third-order valence-corrected chi connectivity index (χ3v) is 8.20. The fourth-order valence-corrected chi connectivity index (χ4v) is 5.87. The van der Waals surface area contributed by atoms with E-state index < -0.39 is 0 Å². The van der Waals surface area contributed by atoms with Crippen LogP contribution in [0.15, 0.2) is 73.1 Å². The standard InChI is InChI=1S/C35H36FN7O2/c1-42(2)12-14-44-26-17-23(16-25(36)19-26)28-6-5-7-31-29(28)20-33(38-31)35-34-32(40-41-35)9-8-30(39-34)24-18-27(22-37-21-24)45-15-13-43-10-3-4-11-43/h5-9,16-22,38H,3-4,10-15H2,1-2H3,(H,40,41). The molecule has 1 aliphatic rings. The fraction of sp³-hybridized carbons (Fsp3) is 0.286. The number of fused-ring (bicyclic) bond motifs is 2. The fourth-order valence-electron chi connectivity index (χ4n) is 5.87. The molecule has 6 aromatic rings. The van der Waals surface area contributed by atoms with Crippen LogP contribution >= 0.6 is 0 Å². The second kappa shape index (κ2) is 12.7. The number of likely N-dealkylation sites (N-methyl/N-ethyl adjacent to an activating group) is 1. The largest absolute Gasteiger partial charge is 0.492 e. The number of nitrogens with zero attached hydrogens (tertiary/aromatic N) is 5. The van der Waals surface area contributed by atoms with Gasteiger partial charge in [-0.05, 0) is 93.6 Å². The minimum atomic E-state index is -0.342. The number of pyridine rings is 2. The molecule has 230 valence electrons. The molecule has 45 heavy (non-hydrogen) atoms. The Bertz CT molecular complexity index is 1940. The van der Waals surface area contributed by atoms with Crippen LogP contribution in [0.5, 0.6) is 11.5 Å². The smallest absolute Gasteiger partial charge is 0.138 e. The van der Waals surface area contributed by atoms with Crippen LogP contribution in [-0.4, -0.2) is 88.4 Å². The summed E-state index contributed by atoms with van der Waals surface area (Å²) in [7, 11) is 3.95. The number of nitrogens with one attached hydrogen (secondary N) is 2. The van der Waals surface area contributed by atoms with Crippen molar-refractivity contribution in [3.63, 3.8) is 0 Å².